The van der Waals surface area contributed by atoms with Crippen molar-refractivity contribution in [1.29, 1.82) is 0 Å². The van der Waals surface area contributed by atoms with Gasteiger partial charge >= 0.3 is 0 Å². The van der Waals surface area contributed by atoms with E-state index in [1.165, 1.54) is 0 Å². The highest BCUT2D eigenvalue weighted by Crippen LogP contribution is 1.89. The second-order valence-corrected chi connectivity index (χ2v) is 3.46. The van der Waals surface area contributed by atoms with Gasteiger partial charge in [0.1, 0.15) is 5.82 Å². The minimum absolute atomic E-state index is 0.722. The van der Waals surface area contributed by atoms with E-state index in [2.05, 4.69) is 20.4 Å². The van der Waals surface area contributed by atoms with Crippen molar-refractivity contribution >= 4 is 0 Å². The van der Waals surface area contributed by atoms with Crippen LogP contribution < -0.4 is 5.32 Å². The Morgan fingerprint density at radius 1 is 1.12 bits per heavy atom. The molecule has 0 radical (unpaired) electrons. The predicted octanol–water partition coefficient (Wildman–Crippen LogP) is 0.853. The normalized spacial score (nSPS) is 10.5. The lowest BCUT2D eigenvalue weighted by molar-refractivity contribution is 0.538. The number of aryl methyl sites for hydroxylation is 1. The zero-order chi connectivity index (χ0) is 11.1. The monoisotopic (exact) mass is 217 g/mol. The average Bonchev–Trinajstić information content (AvgIpc) is 2.83. The summed E-state index contributed by atoms with van der Waals surface area (Å²) in [6.07, 6.45) is 8.33. The fraction of sp³-hybridized carbons (Fsp3) is 0.364. The fourth-order valence-corrected chi connectivity index (χ4v) is 1.42. The Hall–Kier alpha value is -1.75. The smallest absolute Gasteiger partial charge is 0.141 e. The maximum Gasteiger partial charge on any atom is 0.141 e. The average molecular weight is 217 g/mol. The number of hydrogen-bond acceptors (Lipinski definition) is 4. The summed E-state index contributed by atoms with van der Waals surface area (Å²) < 4.78 is 1.93. The third kappa shape index (κ3) is 3.43. The zero-order valence-corrected chi connectivity index (χ0v) is 9.08. The van der Waals surface area contributed by atoms with Crippen LogP contribution in [0.25, 0.3) is 0 Å². The van der Waals surface area contributed by atoms with Crippen molar-refractivity contribution in [3.05, 3.63) is 42.7 Å². The van der Waals surface area contributed by atoms with Crippen molar-refractivity contribution in [3.63, 3.8) is 0 Å². The van der Waals surface area contributed by atoms with Gasteiger partial charge in [0.25, 0.3) is 0 Å². The minimum Gasteiger partial charge on any atom is -0.310 e. The second-order valence-electron chi connectivity index (χ2n) is 3.46. The Bertz CT molecular complexity index is 384. The molecule has 0 amide bonds. The first kappa shape index (κ1) is 10.8. The molecule has 84 valence electrons. The van der Waals surface area contributed by atoms with Gasteiger partial charge in [-0.2, -0.15) is 5.10 Å². The SMILES string of the molecule is c1cnc(CNCCCn2cccn2)nc1. The molecule has 0 bridgehead atoms. The van der Waals surface area contributed by atoms with Crippen LogP contribution in [0.1, 0.15) is 12.2 Å². The van der Waals surface area contributed by atoms with E-state index < -0.39 is 0 Å². The lowest BCUT2D eigenvalue weighted by Gasteiger charge is -2.03. The van der Waals surface area contributed by atoms with Gasteiger partial charge in [0.05, 0.1) is 6.54 Å². The van der Waals surface area contributed by atoms with E-state index in [0.29, 0.717) is 0 Å². The van der Waals surface area contributed by atoms with E-state index >= 15 is 0 Å². The maximum absolute atomic E-state index is 4.14. The molecule has 1 N–H and O–H groups in total. The van der Waals surface area contributed by atoms with Crippen LogP contribution in [0.15, 0.2) is 36.9 Å². The number of aromatic nitrogens is 4. The summed E-state index contributed by atoms with van der Waals surface area (Å²) in [4.78, 5) is 8.27. The summed E-state index contributed by atoms with van der Waals surface area (Å²) in [5, 5.41) is 7.43. The van der Waals surface area contributed by atoms with E-state index in [-0.39, 0.29) is 0 Å². The third-order valence-electron chi connectivity index (χ3n) is 2.20. The molecule has 2 heterocycles. The second kappa shape index (κ2) is 5.97. The molecule has 0 aliphatic carbocycles. The molecule has 5 nitrogen and oxygen atoms in total. The van der Waals surface area contributed by atoms with Crippen molar-refractivity contribution < 1.29 is 0 Å². The Morgan fingerprint density at radius 3 is 2.75 bits per heavy atom. The Labute approximate surface area is 94.5 Å². The lowest BCUT2D eigenvalue weighted by atomic mass is 10.4. The number of rotatable bonds is 6. The van der Waals surface area contributed by atoms with Crippen molar-refractivity contribution in [2.75, 3.05) is 6.54 Å². The van der Waals surface area contributed by atoms with Gasteiger partial charge in [0, 0.05) is 31.3 Å². The first-order chi connectivity index (χ1) is 7.95. The van der Waals surface area contributed by atoms with Gasteiger partial charge in [-0.1, -0.05) is 0 Å². The molecule has 5 heteroatoms. The van der Waals surface area contributed by atoms with Crippen molar-refractivity contribution in [1.82, 2.24) is 25.1 Å². The molecule has 16 heavy (non-hydrogen) atoms. The van der Waals surface area contributed by atoms with Crippen LogP contribution in [0.4, 0.5) is 0 Å². The van der Waals surface area contributed by atoms with Crippen LogP contribution in [-0.2, 0) is 13.1 Å². The zero-order valence-electron chi connectivity index (χ0n) is 9.08. The topological polar surface area (TPSA) is 55.6 Å². The molecule has 0 atom stereocenters. The van der Waals surface area contributed by atoms with E-state index in [1.807, 2.05) is 23.0 Å². The van der Waals surface area contributed by atoms with E-state index in [1.54, 1.807) is 18.6 Å². The third-order valence-corrected chi connectivity index (χ3v) is 2.20. The van der Waals surface area contributed by atoms with E-state index in [0.717, 1.165) is 31.9 Å². The summed E-state index contributed by atoms with van der Waals surface area (Å²) in [7, 11) is 0. The molecule has 0 aromatic carbocycles. The van der Waals surface area contributed by atoms with Gasteiger partial charge in [0.2, 0.25) is 0 Å². The van der Waals surface area contributed by atoms with Crippen LogP contribution in [0.2, 0.25) is 0 Å². The van der Waals surface area contributed by atoms with Gasteiger partial charge < -0.3 is 5.32 Å². The molecule has 2 rings (SSSR count). The van der Waals surface area contributed by atoms with Crippen LogP contribution >= 0.6 is 0 Å². The van der Waals surface area contributed by atoms with Gasteiger partial charge in [-0.25, -0.2) is 9.97 Å². The molecule has 0 saturated carbocycles. The first-order valence-electron chi connectivity index (χ1n) is 5.39. The molecular formula is C11H15N5. The lowest BCUT2D eigenvalue weighted by Crippen LogP contribution is -2.18. The highest BCUT2D eigenvalue weighted by molar-refractivity contribution is 4.87. The van der Waals surface area contributed by atoms with Gasteiger partial charge in [-0.15, -0.1) is 0 Å². The molecule has 2 aromatic rings. The largest absolute Gasteiger partial charge is 0.310 e. The fourth-order valence-electron chi connectivity index (χ4n) is 1.42. The highest BCUT2D eigenvalue weighted by Gasteiger charge is 1.94. The number of nitrogens with one attached hydrogen (secondary N) is 1. The molecular weight excluding hydrogens is 202 g/mol. The van der Waals surface area contributed by atoms with Crippen LogP contribution in [-0.4, -0.2) is 26.3 Å². The highest BCUT2D eigenvalue weighted by atomic mass is 15.3. The standard InChI is InChI=1S/C11H15N5/c1-5-13-11(14-6-1)10-12-4-2-8-16-9-3-7-15-16/h1,3,5-7,9,12H,2,4,8,10H2. The van der Waals surface area contributed by atoms with Gasteiger partial charge in [-0.3, -0.25) is 4.68 Å². The summed E-state index contributed by atoms with van der Waals surface area (Å²) in [6.45, 7) is 2.60. The summed E-state index contributed by atoms with van der Waals surface area (Å²) >= 11 is 0. The number of hydrogen-bond donors (Lipinski definition) is 1. The molecule has 2 aromatic heterocycles. The van der Waals surface area contributed by atoms with Crippen LogP contribution in [0, 0.1) is 0 Å². The summed E-state index contributed by atoms with van der Waals surface area (Å²) in [5.74, 6) is 0.835. The van der Waals surface area contributed by atoms with Gasteiger partial charge in [0.15, 0.2) is 0 Å². The molecule has 0 aliphatic rings. The summed E-state index contributed by atoms with van der Waals surface area (Å²) in [6, 6.07) is 3.76. The molecule has 0 aliphatic heterocycles. The van der Waals surface area contributed by atoms with Crippen molar-refractivity contribution in [2.45, 2.75) is 19.5 Å². The Kier molecular flexibility index (Phi) is 4.01. The van der Waals surface area contributed by atoms with Crippen LogP contribution in [0.3, 0.4) is 0 Å². The maximum atomic E-state index is 4.14. The van der Waals surface area contributed by atoms with Gasteiger partial charge in [-0.05, 0) is 25.1 Å². The molecule has 0 fully saturated rings. The summed E-state index contributed by atoms with van der Waals surface area (Å²) in [5.41, 5.74) is 0. The van der Waals surface area contributed by atoms with E-state index in [9.17, 15) is 0 Å². The van der Waals surface area contributed by atoms with Crippen molar-refractivity contribution in [3.8, 4) is 0 Å². The molecule has 0 spiro atoms. The molecule has 0 saturated heterocycles. The first-order valence-corrected chi connectivity index (χ1v) is 5.39. The van der Waals surface area contributed by atoms with Crippen molar-refractivity contribution in [2.24, 2.45) is 0 Å². The van der Waals surface area contributed by atoms with E-state index in [4.69, 9.17) is 0 Å². The Morgan fingerprint density at radius 2 is 2.00 bits per heavy atom. The minimum atomic E-state index is 0.722. The number of nitrogens with zero attached hydrogens (tertiary/aromatic N) is 4. The van der Waals surface area contributed by atoms with Crippen LogP contribution in [0.5, 0.6) is 0 Å². The Balaban J connectivity index is 1.59. The predicted molar refractivity (Wildman–Crippen MR) is 60.6 cm³/mol. The quantitative estimate of drug-likeness (QED) is 0.729. The molecule has 0 unspecified atom stereocenters.